The zero-order valence-electron chi connectivity index (χ0n) is 13.6. The third kappa shape index (κ3) is 5.96. The van der Waals surface area contributed by atoms with Crippen LogP contribution in [0.25, 0.3) is 0 Å². The lowest BCUT2D eigenvalue weighted by Crippen LogP contribution is -2.30. The van der Waals surface area contributed by atoms with Crippen LogP contribution in [0.1, 0.15) is 39.3 Å². The van der Waals surface area contributed by atoms with E-state index in [0.29, 0.717) is 4.75 Å². The molecule has 1 aliphatic rings. The summed E-state index contributed by atoms with van der Waals surface area (Å²) in [4.78, 5) is 2.55. The van der Waals surface area contributed by atoms with Crippen LogP contribution in [0.5, 0.6) is 0 Å². The Balaban J connectivity index is 1.72. The van der Waals surface area contributed by atoms with Gasteiger partial charge in [0.25, 0.3) is 0 Å². The second-order valence-corrected chi connectivity index (χ2v) is 8.15. The predicted molar refractivity (Wildman–Crippen MR) is 89.6 cm³/mol. The van der Waals surface area contributed by atoms with Gasteiger partial charge >= 0.3 is 0 Å². The van der Waals surface area contributed by atoms with E-state index < -0.39 is 0 Å². The van der Waals surface area contributed by atoms with Crippen LogP contribution in [0, 0.1) is 0 Å². The quantitative estimate of drug-likeness (QED) is 0.780. The summed E-state index contributed by atoms with van der Waals surface area (Å²) in [5.41, 5.74) is 1.04. The smallest absolute Gasteiger partial charge is 0.0964 e. The summed E-state index contributed by atoms with van der Waals surface area (Å²) in [6.45, 7) is 13.1. The highest BCUT2D eigenvalue weighted by Gasteiger charge is 2.23. The molecule has 21 heavy (non-hydrogen) atoms. The largest absolute Gasteiger partial charge is 0.311 e. The van der Waals surface area contributed by atoms with E-state index in [1.54, 1.807) is 0 Å². The lowest BCUT2D eigenvalue weighted by atomic mass is 10.1. The predicted octanol–water partition coefficient (Wildman–Crippen LogP) is 2.00. The Hall–Kier alpha value is -0.590. The van der Waals surface area contributed by atoms with Crippen LogP contribution >= 0.6 is 11.8 Å². The third-order valence-corrected chi connectivity index (χ3v) is 5.27. The molecule has 2 rings (SSSR count). The standard InChI is InChI=1S/C15H29N5S/c1-4-6-16-12-14-13-20(18-17-14)9-8-19-7-5-15(2,3)21-11-10-19/h13,16H,4-12H2,1-3H3. The van der Waals surface area contributed by atoms with Gasteiger partial charge in [-0.1, -0.05) is 26.0 Å². The van der Waals surface area contributed by atoms with Crippen molar-refractivity contribution in [2.24, 2.45) is 0 Å². The number of hydrogen-bond donors (Lipinski definition) is 1. The monoisotopic (exact) mass is 311 g/mol. The molecule has 0 saturated carbocycles. The maximum Gasteiger partial charge on any atom is 0.0964 e. The van der Waals surface area contributed by atoms with Crippen LogP contribution in [0.2, 0.25) is 0 Å². The van der Waals surface area contributed by atoms with Crippen LogP contribution < -0.4 is 5.32 Å². The maximum atomic E-state index is 4.23. The molecule has 0 bridgehead atoms. The number of thioether (sulfide) groups is 1. The fourth-order valence-corrected chi connectivity index (χ4v) is 3.59. The SMILES string of the molecule is CCCNCc1cn(CCN2CCSC(C)(C)CC2)nn1. The van der Waals surface area contributed by atoms with E-state index in [0.717, 1.165) is 38.3 Å². The molecule has 2 heterocycles. The molecule has 120 valence electrons. The van der Waals surface area contributed by atoms with Crippen molar-refractivity contribution in [2.75, 3.05) is 31.9 Å². The first-order valence-electron chi connectivity index (χ1n) is 8.05. The second kappa shape index (κ2) is 8.15. The molecule has 0 atom stereocenters. The van der Waals surface area contributed by atoms with Crippen molar-refractivity contribution in [3.8, 4) is 0 Å². The topological polar surface area (TPSA) is 46.0 Å². The third-order valence-electron chi connectivity index (χ3n) is 3.89. The molecule has 0 aliphatic carbocycles. The molecular formula is C15H29N5S. The van der Waals surface area contributed by atoms with Gasteiger partial charge in [0.15, 0.2) is 0 Å². The van der Waals surface area contributed by atoms with E-state index in [1.807, 2.05) is 4.68 Å². The Bertz CT molecular complexity index is 418. The van der Waals surface area contributed by atoms with Gasteiger partial charge < -0.3 is 10.2 Å². The summed E-state index contributed by atoms with van der Waals surface area (Å²) in [6.07, 6.45) is 4.48. The number of aromatic nitrogens is 3. The zero-order chi connectivity index (χ0) is 15.1. The summed E-state index contributed by atoms with van der Waals surface area (Å²) in [5.74, 6) is 1.23. The molecule has 1 aromatic rings. The molecule has 0 spiro atoms. The van der Waals surface area contributed by atoms with E-state index in [-0.39, 0.29) is 0 Å². The molecule has 1 fully saturated rings. The van der Waals surface area contributed by atoms with Gasteiger partial charge in [-0.15, -0.1) is 5.10 Å². The molecule has 1 aromatic heterocycles. The minimum atomic E-state index is 0.431. The van der Waals surface area contributed by atoms with Crippen molar-refractivity contribution in [1.82, 2.24) is 25.2 Å². The van der Waals surface area contributed by atoms with Gasteiger partial charge in [0.05, 0.1) is 12.2 Å². The molecule has 0 amide bonds. The highest BCUT2D eigenvalue weighted by atomic mass is 32.2. The molecule has 1 N–H and O–H groups in total. The Morgan fingerprint density at radius 1 is 1.33 bits per heavy atom. The molecule has 0 radical (unpaired) electrons. The van der Waals surface area contributed by atoms with Gasteiger partial charge in [0.2, 0.25) is 0 Å². The van der Waals surface area contributed by atoms with E-state index >= 15 is 0 Å². The number of rotatable bonds is 7. The van der Waals surface area contributed by atoms with Gasteiger partial charge in [-0.2, -0.15) is 11.8 Å². The van der Waals surface area contributed by atoms with Crippen molar-refractivity contribution in [1.29, 1.82) is 0 Å². The van der Waals surface area contributed by atoms with Gasteiger partial charge in [-0.25, -0.2) is 0 Å². The number of nitrogens with zero attached hydrogens (tertiary/aromatic N) is 4. The summed E-state index contributed by atoms with van der Waals surface area (Å²) < 4.78 is 2.41. The summed E-state index contributed by atoms with van der Waals surface area (Å²) in [7, 11) is 0. The van der Waals surface area contributed by atoms with E-state index in [9.17, 15) is 0 Å². The van der Waals surface area contributed by atoms with Crippen LogP contribution in [0.15, 0.2) is 6.20 Å². The van der Waals surface area contributed by atoms with Crippen molar-refractivity contribution in [3.05, 3.63) is 11.9 Å². The van der Waals surface area contributed by atoms with E-state index in [1.165, 1.54) is 25.3 Å². The second-order valence-electron chi connectivity index (χ2n) is 6.35. The summed E-state index contributed by atoms with van der Waals surface area (Å²) >= 11 is 2.10. The minimum Gasteiger partial charge on any atom is -0.311 e. The molecule has 6 heteroatoms. The first-order chi connectivity index (χ1) is 10.1. The first kappa shape index (κ1) is 16.8. The average Bonchev–Trinajstić information content (AvgIpc) is 2.82. The normalized spacial score (nSPS) is 19.6. The minimum absolute atomic E-state index is 0.431. The molecule has 0 aromatic carbocycles. The Morgan fingerprint density at radius 3 is 3.00 bits per heavy atom. The highest BCUT2D eigenvalue weighted by Crippen LogP contribution is 2.30. The van der Waals surface area contributed by atoms with Crippen molar-refractivity contribution < 1.29 is 0 Å². The lowest BCUT2D eigenvalue weighted by molar-refractivity contribution is 0.267. The van der Waals surface area contributed by atoms with E-state index in [2.05, 4.69) is 59.3 Å². The van der Waals surface area contributed by atoms with Crippen LogP contribution in [0.3, 0.4) is 0 Å². The average molecular weight is 311 g/mol. The fraction of sp³-hybridized carbons (Fsp3) is 0.867. The van der Waals surface area contributed by atoms with Crippen molar-refractivity contribution >= 4 is 11.8 Å². The molecule has 5 nitrogen and oxygen atoms in total. The molecular weight excluding hydrogens is 282 g/mol. The van der Waals surface area contributed by atoms with Crippen molar-refractivity contribution in [3.63, 3.8) is 0 Å². The molecule has 1 aliphatic heterocycles. The number of nitrogens with one attached hydrogen (secondary N) is 1. The van der Waals surface area contributed by atoms with Crippen LogP contribution in [-0.2, 0) is 13.1 Å². The Morgan fingerprint density at radius 2 is 2.19 bits per heavy atom. The van der Waals surface area contributed by atoms with Gasteiger partial charge in [0, 0.05) is 36.3 Å². The summed E-state index contributed by atoms with van der Waals surface area (Å²) in [6, 6.07) is 0. The Kier molecular flexibility index (Phi) is 6.51. The molecule has 0 unspecified atom stereocenters. The zero-order valence-corrected chi connectivity index (χ0v) is 14.5. The number of hydrogen-bond acceptors (Lipinski definition) is 5. The van der Waals surface area contributed by atoms with Gasteiger partial charge in [-0.3, -0.25) is 4.68 Å². The highest BCUT2D eigenvalue weighted by molar-refractivity contribution is 8.00. The first-order valence-corrected chi connectivity index (χ1v) is 9.04. The van der Waals surface area contributed by atoms with Crippen LogP contribution in [0.4, 0.5) is 0 Å². The molecule has 1 saturated heterocycles. The van der Waals surface area contributed by atoms with Crippen molar-refractivity contribution in [2.45, 2.75) is 51.4 Å². The van der Waals surface area contributed by atoms with Crippen LogP contribution in [-0.4, -0.2) is 56.6 Å². The maximum absolute atomic E-state index is 4.23. The summed E-state index contributed by atoms with van der Waals surface area (Å²) in [5, 5.41) is 11.8. The van der Waals surface area contributed by atoms with Gasteiger partial charge in [-0.05, 0) is 25.9 Å². The lowest BCUT2D eigenvalue weighted by Gasteiger charge is -2.22. The Labute approximate surface area is 132 Å². The fourth-order valence-electron chi connectivity index (χ4n) is 2.45. The van der Waals surface area contributed by atoms with E-state index in [4.69, 9.17) is 0 Å². The van der Waals surface area contributed by atoms with Gasteiger partial charge in [0.1, 0.15) is 0 Å².